The van der Waals surface area contributed by atoms with Crippen molar-refractivity contribution in [2.24, 2.45) is 0 Å². The minimum atomic E-state index is -0.169. The summed E-state index contributed by atoms with van der Waals surface area (Å²) in [4.78, 5) is 23.1. The highest BCUT2D eigenvalue weighted by molar-refractivity contribution is 6.05. The highest BCUT2D eigenvalue weighted by atomic mass is 16.5. The van der Waals surface area contributed by atoms with E-state index in [0.717, 1.165) is 66.7 Å². The monoisotopic (exact) mass is 442 g/mol. The standard InChI is InChI=1S/C26H26N4O3/c31-26(20-6-9-22(10-7-20)33-18-19-4-2-1-3-5-19)27-21-8-11-23-24(16-21)29-25(28-23)17-30-12-14-32-15-13-30/h1-11,16H,12-15,17-18H2,(H,27,31)(H,28,29). The number of fused-ring (bicyclic) bond motifs is 1. The number of ether oxygens (including phenoxy) is 2. The molecule has 7 heteroatoms. The first-order chi connectivity index (χ1) is 16.2. The lowest BCUT2D eigenvalue weighted by molar-refractivity contribution is 0.0332. The fourth-order valence-corrected chi connectivity index (χ4v) is 3.83. The van der Waals surface area contributed by atoms with Gasteiger partial charge in [0.05, 0.1) is 30.8 Å². The number of morpholine rings is 1. The van der Waals surface area contributed by atoms with Crippen LogP contribution in [0.4, 0.5) is 5.69 Å². The zero-order valence-electron chi connectivity index (χ0n) is 18.3. The van der Waals surface area contributed by atoms with E-state index < -0.39 is 0 Å². The maximum Gasteiger partial charge on any atom is 0.255 e. The number of anilines is 1. The molecule has 1 aliphatic rings. The first-order valence-corrected chi connectivity index (χ1v) is 11.1. The van der Waals surface area contributed by atoms with Crippen molar-refractivity contribution in [1.82, 2.24) is 14.9 Å². The van der Waals surface area contributed by atoms with Gasteiger partial charge in [0.1, 0.15) is 18.2 Å². The SMILES string of the molecule is O=C(Nc1ccc2nc(CN3CCOCC3)[nH]c2c1)c1ccc(OCc2ccccc2)cc1. The number of hydrogen-bond donors (Lipinski definition) is 2. The molecule has 168 valence electrons. The second-order valence-electron chi connectivity index (χ2n) is 8.06. The Morgan fingerprint density at radius 3 is 2.61 bits per heavy atom. The van der Waals surface area contributed by atoms with E-state index in [0.29, 0.717) is 12.2 Å². The van der Waals surface area contributed by atoms with Crippen LogP contribution in [0, 0.1) is 0 Å². The molecule has 5 rings (SSSR count). The molecule has 1 fully saturated rings. The van der Waals surface area contributed by atoms with E-state index in [1.54, 1.807) is 12.1 Å². The molecule has 0 spiro atoms. The molecular formula is C26H26N4O3. The van der Waals surface area contributed by atoms with Crippen molar-refractivity contribution in [3.8, 4) is 5.75 Å². The summed E-state index contributed by atoms with van der Waals surface area (Å²) in [6, 6.07) is 22.9. The summed E-state index contributed by atoms with van der Waals surface area (Å²) in [5, 5.41) is 2.96. The van der Waals surface area contributed by atoms with Crippen LogP contribution >= 0.6 is 0 Å². The van der Waals surface area contributed by atoms with Crippen LogP contribution in [-0.4, -0.2) is 47.1 Å². The lowest BCUT2D eigenvalue weighted by atomic mass is 10.2. The Kier molecular flexibility index (Phi) is 6.32. The fraction of sp³-hybridized carbons (Fsp3) is 0.231. The van der Waals surface area contributed by atoms with Crippen LogP contribution in [-0.2, 0) is 17.9 Å². The van der Waals surface area contributed by atoms with Crippen molar-refractivity contribution in [2.45, 2.75) is 13.2 Å². The van der Waals surface area contributed by atoms with Crippen LogP contribution in [0.25, 0.3) is 11.0 Å². The van der Waals surface area contributed by atoms with E-state index in [1.165, 1.54) is 0 Å². The molecule has 4 aromatic rings. The summed E-state index contributed by atoms with van der Waals surface area (Å²) in [6.07, 6.45) is 0. The predicted octanol–water partition coefficient (Wildman–Crippen LogP) is 4.23. The number of rotatable bonds is 7. The van der Waals surface area contributed by atoms with Gasteiger partial charge in [-0.2, -0.15) is 0 Å². The smallest absolute Gasteiger partial charge is 0.255 e. The number of carbonyl (C=O) groups excluding carboxylic acids is 1. The third kappa shape index (κ3) is 5.39. The molecule has 0 atom stereocenters. The third-order valence-electron chi connectivity index (χ3n) is 5.63. The molecule has 0 bridgehead atoms. The van der Waals surface area contributed by atoms with Crippen molar-refractivity contribution in [1.29, 1.82) is 0 Å². The van der Waals surface area contributed by atoms with Crippen LogP contribution in [0.15, 0.2) is 72.8 Å². The molecule has 2 heterocycles. The van der Waals surface area contributed by atoms with Crippen LogP contribution < -0.4 is 10.1 Å². The Morgan fingerprint density at radius 1 is 1.03 bits per heavy atom. The number of imidazole rings is 1. The van der Waals surface area contributed by atoms with E-state index in [4.69, 9.17) is 9.47 Å². The van der Waals surface area contributed by atoms with E-state index in [2.05, 4.69) is 20.2 Å². The van der Waals surface area contributed by atoms with Gasteiger partial charge in [-0.1, -0.05) is 30.3 Å². The van der Waals surface area contributed by atoms with Crippen LogP contribution in [0.5, 0.6) is 5.75 Å². The molecule has 0 aliphatic carbocycles. The molecule has 7 nitrogen and oxygen atoms in total. The van der Waals surface area contributed by atoms with Crippen LogP contribution in [0.2, 0.25) is 0 Å². The molecule has 1 aromatic heterocycles. The normalized spacial score (nSPS) is 14.3. The van der Waals surface area contributed by atoms with Gasteiger partial charge in [0.2, 0.25) is 0 Å². The highest BCUT2D eigenvalue weighted by Crippen LogP contribution is 2.20. The highest BCUT2D eigenvalue weighted by Gasteiger charge is 2.14. The molecule has 1 saturated heterocycles. The van der Waals surface area contributed by atoms with Gasteiger partial charge in [-0.3, -0.25) is 9.69 Å². The van der Waals surface area contributed by atoms with Crippen molar-refractivity contribution in [3.63, 3.8) is 0 Å². The summed E-state index contributed by atoms with van der Waals surface area (Å²) < 4.78 is 11.2. The number of aromatic amines is 1. The summed E-state index contributed by atoms with van der Waals surface area (Å²) in [6.45, 7) is 4.60. The molecule has 33 heavy (non-hydrogen) atoms. The fourth-order valence-electron chi connectivity index (χ4n) is 3.83. The topological polar surface area (TPSA) is 79.5 Å². The Labute approximate surface area is 192 Å². The van der Waals surface area contributed by atoms with Crippen molar-refractivity contribution in [3.05, 3.63) is 89.7 Å². The minimum Gasteiger partial charge on any atom is -0.489 e. The van der Waals surface area contributed by atoms with Gasteiger partial charge in [0.25, 0.3) is 5.91 Å². The molecular weight excluding hydrogens is 416 g/mol. The summed E-state index contributed by atoms with van der Waals surface area (Å²) in [5.41, 5.74) is 4.18. The van der Waals surface area contributed by atoms with Gasteiger partial charge in [0.15, 0.2) is 0 Å². The lowest BCUT2D eigenvalue weighted by Gasteiger charge is -2.25. The average Bonchev–Trinajstić information content (AvgIpc) is 3.26. The first kappa shape index (κ1) is 21.2. The van der Waals surface area contributed by atoms with E-state index in [1.807, 2.05) is 60.7 Å². The largest absolute Gasteiger partial charge is 0.489 e. The second kappa shape index (κ2) is 9.85. The minimum absolute atomic E-state index is 0.169. The van der Waals surface area contributed by atoms with Crippen LogP contribution in [0.3, 0.4) is 0 Å². The predicted molar refractivity (Wildman–Crippen MR) is 127 cm³/mol. The van der Waals surface area contributed by atoms with Gasteiger partial charge in [-0.25, -0.2) is 4.98 Å². The Balaban J connectivity index is 1.20. The second-order valence-corrected chi connectivity index (χ2v) is 8.06. The quantitative estimate of drug-likeness (QED) is 0.448. The Hall–Kier alpha value is -3.68. The zero-order valence-corrected chi connectivity index (χ0v) is 18.3. The van der Waals surface area contributed by atoms with Gasteiger partial charge < -0.3 is 19.8 Å². The van der Waals surface area contributed by atoms with Crippen LogP contribution in [0.1, 0.15) is 21.7 Å². The molecule has 1 aliphatic heterocycles. The number of nitrogens with zero attached hydrogens (tertiary/aromatic N) is 2. The summed E-state index contributed by atoms with van der Waals surface area (Å²) in [7, 11) is 0. The molecule has 3 aromatic carbocycles. The molecule has 2 N–H and O–H groups in total. The van der Waals surface area contributed by atoms with Crippen molar-refractivity contribution < 1.29 is 14.3 Å². The maximum atomic E-state index is 12.7. The summed E-state index contributed by atoms with van der Waals surface area (Å²) in [5.74, 6) is 1.47. The number of hydrogen-bond acceptors (Lipinski definition) is 5. The van der Waals surface area contributed by atoms with Gasteiger partial charge in [-0.05, 0) is 48.0 Å². The van der Waals surface area contributed by atoms with Gasteiger partial charge >= 0.3 is 0 Å². The summed E-state index contributed by atoms with van der Waals surface area (Å²) >= 11 is 0. The van der Waals surface area contributed by atoms with E-state index in [9.17, 15) is 4.79 Å². The maximum absolute atomic E-state index is 12.7. The molecule has 1 amide bonds. The number of aromatic nitrogens is 2. The number of H-pyrrole nitrogens is 1. The lowest BCUT2D eigenvalue weighted by Crippen LogP contribution is -2.35. The molecule has 0 saturated carbocycles. The molecule has 0 radical (unpaired) electrons. The Morgan fingerprint density at radius 2 is 1.82 bits per heavy atom. The van der Waals surface area contributed by atoms with E-state index >= 15 is 0 Å². The third-order valence-corrected chi connectivity index (χ3v) is 5.63. The van der Waals surface area contributed by atoms with Crippen molar-refractivity contribution >= 4 is 22.6 Å². The van der Waals surface area contributed by atoms with Crippen molar-refractivity contribution in [2.75, 3.05) is 31.6 Å². The Bertz CT molecular complexity index is 1220. The first-order valence-electron chi connectivity index (χ1n) is 11.1. The number of carbonyl (C=O) groups is 1. The van der Waals surface area contributed by atoms with Gasteiger partial charge in [0, 0.05) is 24.3 Å². The van der Waals surface area contributed by atoms with E-state index in [-0.39, 0.29) is 5.91 Å². The van der Waals surface area contributed by atoms with Gasteiger partial charge in [-0.15, -0.1) is 0 Å². The molecule has 0 unspecified atom stereocenters. The average molecular weight is 443 g/mol. The number of amides is 1. The number of benzene rings is 3. The zero-order chi connectivity index (χ0) is 22.5. The number of nitrogens with one attached hydrogen (secondary N) is 2.